The van der Waals surface area contributed by atoms with Crippen LogP contribution in [-0.2, 0) is 54.4 Å². The number of benzene rings is 1. The van der Waals surface area contributed by atoms with Gasteiger partial charge in [-0.25, -0.2) is 0 Å². The van der Waals surface area contributed by atoms with Gasteiger partial charge in [0, 0.05) is 36.6 Å². The van der Waals surface area contributed by atoms with Crippen LogP contribution >= 0.6 is 11.8 Å². The minimum atomic E-state index is -1.60. The summed E-state index contributed by atoms with van der Waals surface area (Å²) in [4.78, 5) is 141. The van der Waals surface area contributed by atoms with E-state index in [1.807, 2.05) is 24.5 Å². The topological polar surface area (TPSA) is 364 Å². The maximum absolute atomic E-state index is 14.4. The number of hydrogen-bond donors (Lipinski definition) is 12. The molecular weight excluding hydrogens is 995 g/mol. The highest BCUT2D eigenvalue weighted by atomic mass is 32.2. The summed E-state index contributed by atoms with van der Waals surface area (Å²) < 4.78 is 0. The molecule has 1 aromatic heterocycles. The summed E-state index contributed by atoms with van der Waals surface area (Å²) in [5.74, 6) is -8.09. The number of nitrogens with one attached hydrogen (secondary N) is 8. The number of para-hydroxylation sites is 1. The molecule has 0 radical (unpaired) electrons. The number of aromatic amines is 1. The monoisotopic (exact) mass is 1070 g/mol. The summed E-state index contributed by atoms with van der Waals surface area (Å²) in [6.07, 6.45) is 3.65. The molecule has 2 aromatic rings. The minimum Gasteiger partial charge on any atom is -0.480 e. The zero-order chi connectivity index (χ0) is 55.8. The number of aliphatic hydroxyl groups excluding tert-OH is 2. The molecule has 0 bridgehead atoms. The Balaban J connectivity index is 1.52. The van der Waals surface area contributed by atoms with Crippen LogP contribution in [0.25, 0.3) is 10.9 Å². The molecule has 11 atom stereocenters. The first-order valence-electron chi connectivity index (χ1n) is 25.4. The first-order chi connectivity index (χ1) is 35.4. The first kappa shape index (κ1) is 61.2. The summed E-state index contributed by atoms with van der Waals surface area (Å²) in [7, 11) is 0. The number of hydrogen-bond acceptors (Lipinski definition) is 14. The number of H-pyrrole nitrogens is 1. The van der Waals surface area contributed by atoms with Crippen molar-refractivity contribution in [3.63, 3.8) is 0 Å². The molecule has 0 saturated carbocycles. The van der Waals surface area contributed by atoms with Crippen molar-refractivity contribution < 1.29 is 63.3 Å². The van der Waals surface area contributed by atoms with Gasteiger partial charge in [-0.05, 0) is 94.8 Å². The highest BCUT2D eigenvalue weighted by molar-refractivity contribution is 7.98. The highest BCUT2D eigenvalue weighted by Gasteiger charge is 2.43. The average Bonchev–Trinajstić information content (AvgIpc) is 4.15. The Bertz CT molecular complexity index is 2370. The lowest BCUT2D eigenvalue weighted by Crippen LogP contribution is -2.62. The second-order valence-electron chi connectivity index (χ2n) is 20.1. The van der Waals surface area contributed by atoms with Gasteiger partial charge in [-0.2, -0.15) is 11.8 Å². The molecule has 13 N–H and O–H groups in total. The molecule has 25 heteroatoms. The van der Waals surface area contributed by atoms with E-state index >= 15 is 0 Å². The van der Waals surface area contributed by atoms with Gasteiger partial charge in [-0.15, -0.1) is 0 Å². The zero-order valence-electron chi connectivity index (χ0n) is 44.0. The second-order valence-corrected chi connectivity index (χ2v) is 21.1. The normalized spacial score (nSPS) is 19.2. The van der Waals surface area contributed by atoms with Gasteiger partial charge in [-0.3, -0.25) is 47.9 Å². The molecule has 3 heterocycles. The number of carbonyl (C=O) groups is 10. The Kier molecular flexibility index (Phi) is 23.3. The SMILES string of the molecule is CSCC[C@H](N)C(=O)N[C@@H](C)C(=O)N1CCC[C@H]1C(=O)N[C@H](C(=O)N[C@H](C(=O)N1CCC[C@H]1C(=O)N[C@@H](Cc1c[nH]c2ccccc12)C(=O)N[C@@H](CC(C)C)C(=O)N[C@@H](CO)C(=O)N[C@@H](C)C(=O)O)[C@@H](C)O)C(C)C. The van der Waals surface area contributed by atoms with E-state index < -0.39 is 138 Å². The van der Waals surface area contributed by atoms with Crippen LogP contribution in [0.1, 0.15) is 92.6 Å². The van der Waals surface area contributed by atoms with Crippen LogP contribution < -0.4 is 43.0 Å². The molecule has 2 aliphatic heterocycles. The molecule has 1 aromatic carbocycles. The summed E-state index contributed by atoms with van der Waals surface area (Å²) in [6, 6.07) is -5.14. The molecule has 0 unspecified atom stereocenters. The lowest BCUT2D eigenvalue weighted by molar-refractivity contribution is -0.145. The third-order valence-electron chi connectivity index (χ3n) is 13.3. The molecule has 0 spiro atoms. The van der Waals surface area contributed by atoms with E-state index in [4.69, 9.17) is 5.73 Å². The molecule has 75 heavy (non-hydrogen) atoms. The molecule has 2 fully saturated rings. The van der Waals surface area contributed by atoms with E-state index in [2.05, 4.69) is 42.2 Å². The number of nitrogens with zero attached hydrogens (tertiary/aromatic N) is 2. The van der Waals surface area contributed by atoms with E-state index in [1.54, 1.807) is 40.0 Å². The summed E-state index contributed by atoms with van der Waals surface area (Å²) in [5.41, 5.74) is 7.35. The minimum absolute atomic E-state index is 0.0370. The second kappa shape index (κ2) is 28.5. The summed E-state index contributed by atoms with van der Waals surface area (Å²) in [5, 5.41) is 48.9. The van der Waals surface area contributed by atoms with Crippen molar-refractivity contribution in [3.05, 3.63) is 36.0 Å². The van der Waals surface area contributed by atoms with Gasteiger partial charge in [-0.1, -0.05) is 45.9 Å². The summed E-state index contributed by atoms with van der Waals surface area (Å²) >= 11 is 1.53. The van der Waals surface area contributed by atoms with Crippen molar-refractivity contribution in [2.24, 2.45) is 17.6 Å². The maximum atomic E-state index is 14.4. The fourth-order valence-corrected chi connectivity index (χ4v) is 9.51. The Morgan fingerprint density at radius 1 is 0.693 bits per heavy atom. The van der Waals surface area contributed by atoms with Gasteiger partial charge in [0.25, 0.3) is 0 Å². The number of carboxylic acid groups (broad SMARTS) is 1. The highest BCUT2D eigenvalue weighted by Crippen LogP contribution is 2.24. The number of aliphatic carboxylic acids is 1. The summed E-state index contributed by atoms with van der Waals surface area (Å²) in [6.45, 7) is 10.3. The largest absolute Gasteiger partial charge is 0.480 e. The quantitative estimate of drug-likeness (QED) is 0.0478. The van der Waals surface area contributed by atoms with E-state index in [1.165, 1.54) is 42.3 Å². The molecule has 2 aliphatic rings. The lowest BCUT2D eigenvalue weighted by Gasteiger charge is -2.33. The number of carbonyl (C=O) groups excluding carboxylic acids is 9. The first-order valence-corrected chi connectivity index (χ1v) is 26.8. The van der Waals surface area contributed by atoms with Crippen molar-refractivity contribution in [2.75, 3.05) is 31.7 Å². The van der Waals surface area contributed by atoms with Crippen molar-refractivity contribution in [1.82, 2.24) is 52.0 Å². The molecule has 24 nitrogen and oxygen atoms in total. The van der Waals surface area contributed by atoms with Crippen LogP contribution in [0.2, 0.25) is 0 Å². The third kappa shape index (κ3) is 16.8. The standard InChI is InChI=1S/C50H77N11O13S/c1-25(2)21-34(42(65)57-36(24-62)44(67)54-28(6)50(73)74)55-43(66)35(22-30-23-52-33-14-10-9-13-31(30)33)56-45(68)37-15-12-19-61(37)49(72)40(29(7)63)59-47(70)39(26(3)4)58-46(69)38-16-11-18-60(38)48(71)27(5)53-41(64)32(51)17-20-75-8/h9-10,13-14,23,25-29,32,34-40,52,62-63H,11-12,15-22,24,51H2,1-8H3,(H,53,64)(H,54,67)(H,55,66)(H,56,68)(H,57,65)(H,58,69)(H,59,70)(H,73,74)/t27-,28-,29+,32-,34-,35-,36-,37-,38-,39-,40-/m0/s1. The third-order valence-corrected chi connectivity index (χ3v) is 13.9. The zero-order valence-corrected chi connectivity index (χ0v) is 44.8. The van der Waals surface area contributed by atoms with E-state index in [0.717, 1.165) is 10.9 Å². The van der Waals surface area contributed by atoms with E-state index in [0.29, 0.717) is 30.6 Å². The Morgan fingerprint density at radius 3 is 1.83 bits per heavy atom. The number of likely N-dealkylation sites (tertiary alicyclic amines) is 2. The van der Waals surface area contributed by atoms with Crippen LogP contribution in [0, 0.1) is 11.8 Å². The maximum Gasteiger partial charge on any atom is 0.325 e. The number of fused-ring (bicyclic) bond motifs is 1. The number of aromatic nitrogens is 1. The molecule has 4 rings (SSSR count). The molecular formula is C50H77N11O13S. The molecule has 9 amide bonds. The van der Waals surface area contributed by atoms with Crippen molar-refractivity contribution in [1.29, 1.82) is 0 Å². The van der Waals surface area contributed by atoms with Gasteiger partial charge in [0.1, 0.15) is 54.4 Å². The van der Waals surface area contributed by atoms with E-state index in [9.17, 15) is 63.3 Å². The van der Waals surface area contributed by atoms with Gasteiger partial charge >= 0.3 is 5.97 Å². The fourth-order valence-electron chi connectivity index (χ4n) is 9.02. The smallest absolute Gasteiger partial charge is 0.325 e. The molecule has 416 valence electrons. The van der Waals surface area contributed by atoms with Crippen LogP contribution in [0.3, 0.4) is 0 Å². The number of thioether (sulfide) groups is 1. The van der Waals surface area contributed by atoms with Gasteiger partial charge in [0.05, 0.1) is 18.8 Å². The molecule has 2 saturated heterocycles. The Labute approximate surface area is 440 Å². The number of rotatable bonds is 27. The van der Waals surface area contributed by atoms with Crippen LogP contribution in [0.5, 0.6) is 0 Å². The Hall–Kier alpha value is -6.31. The van der Waals surface area contributed by atoms with Gasteiger partial charge in [0.15, 0.2) is 0 Å². The predicted octanol–water partition coefficient (Wildman–Crippen LogP) is -1.63. The average molecular weight is 1070 g/mol. The van der Waals surface area contributed by atoms with Crippen molar-refractivity contribution in [2.45, 2.75) is 160 Å². The number of carboxylic acids is 1. The van der Waals surface area contributed by atoms with Crippen LogP contribution in [0.4, 0.5) is 0 Å². The lowest BCUT2D eigenvalue weighted by atomic mass is 10.00. The fraction of sp³-hybridized carbons (Fsp3) is 0.640. The number of aliphatic hydroxyl groups is 2. The number of nitrogens with two attached hydrogens (primary N) is 1. The van der Waals surface area contributed by atoms with Crippen LogP contribution in [-0.4, -0.2) is 187 Å². The van der Waals surface area contributed by atoms with Crippen molar-refractivity contribution >= 4 is 81.8 Å². The molecule has 0 aliphatic carbocycles. The van der Waals surface area contributed by atoms with Gasteiger partial charge < -0.3 is 73.1 Å². The van der Waals surface area contributed by atoms with Crippen LogP contribution in [0.15, 0.2) is 30.5 Å². The van der Waals surface area contributed by atoms with Gasteiger partial charge in [0.2, 0.25) is 53.2 Å². The number of amides is 9. The van der Waals surface area contributed by atoms with Crippen molar-refractivity contribution in [3.8, 4) is 0 Å². The predicted molar refractivity (Wildman–Crippen MR) is 278 cm³/mol. The van der Waals surface area contributed by atoms with E-state index in [-0.39, 0.29) is 44.7 Å². The Morgan fingerprint density at radius 2 is 1.25 bits per heavy atom.